The highest BCUT2D eigenvalue weighted by Gasteiger charge is 2.33. The summed E-state index contributed by atoms with van der Waals surface area (Å²) < 4.78 is 30.0. The molecule has 0 saturated carbocycles. The first kappa shape index (κ1) is 21.5. The Hall–Kier alpha value is -2.78. The summed E-state index contributed by atoms with van der Waals surface area (Å²) in [5, 5.41) is 7.58. The third kappa shape index (κ3) is 4.77. The zero-order valence-corrected chi connectivity index (χ0v) is 18.7. The molecule has 1 atom stereocenters. The standard InChI is InChI=1S/C22H28N6O2S/c1-3-13-27-16-20(17(2)26-27)31(29,30)28-14-7-8-18(15-28)19-9-6-11-22(24-19)25-21-10-4-5-12-23-21/h4-6,9-12,16,18H,3,7-8,13-15H2,1-2H3,(H,23,24,25)/t18-/m1/s1. The maximum atomic E-state index is 13.3. The lowest BCUT2D eigenvalue weighted by molar-refractivity contribution is 0.312. The smallest absolute Gasteiger partial charge is 0.246 e. The van der Waals surface area contributed by atoms with E-state index in [1.54, 1.807) is 28.3 Å². The molecule has 4 heterocycles. The van der Waals surface area contributed by atoms with Crippen LogP contribution in [-0.2, 0) is 16.6 Å². The van der Waals surface area contributed by atoms with Gasteiger partial charge in [0.2, 0.25) is 10.0 Å². The molecule has 3 aromatic heterocycles. The van der Waals surface area contributed by atoms with Crippen molar-refractivity contribution in [3.63, 3.8) is 0 Å². The van der Waals surface area contributed by atoms with E-state index < -0.39 is 10.0 Å². The number of sulfonamides is 1. The van der Waals surface area contributed by atoms with Crippen LogP contribution < -0.4 is 5.32 Å². The highest BCUT2D eigenvalue weighted by molar-refractivity contribution is 7.89. The first-order valence-corrected chi connectivity index (χ1v) is 12.1. The predicted octanol–water partition coefficient (Wildman–Crippen LogP) is 3.70. The molecule has 31 heavy (non-hydrogen) atoms. The molecule has 0 unspecified atom stereocenters. The van der Waals surface area contributed by atoms with Crippen molar-refractivity contribution in [1.82, 2.24) is 24.1 Å². The van der Waals surface area contributed by atoms with Gasteiger partial charge in [-0.05, 0) is 50.5 Å². The number of pyridine rings is 2. The molecule has 0 radical (unpaired) electrons. The van der Waals surface area contributed by atoms with E-state index >= 15 is 0 Å². The van der Waals surface area contributed by atoms with Gasteiger partial charge in [0, 0.05) is 43.6 Å². The molecule has 0 bridgehead atoms. The second kappa shape index (κ2) is 9.15. The van der Waals surface area contributed by atoms with E-state index in [0.717, 1.165) is 30.8 Å². The van der Waals surface area contributed by atoms with E-state index in [-0.39, 0.29) is 5.92 Å². The summed E-state index contributed by atoms with van der Waals surface area (Å²) >= 11 is 0. The highest BCUT2D eigenvalue weighted by atomic mass is 32.2. The number of aromatic nitrogens is 4. The maximum Gasteiger partial charge on any atom is 0.246 e. The Morgan fingerprint density at radius 3 is 2.77 bits per heavy atom. The minimum atomic E-state index is -3.59. The Bertz CT molecular complexity index is 1130. The number of anilines is 2. The normalized spacial score (nSPS) is 17.5. The van der Waals surface area contributed by atoms with E-state index in [9.17, 15) is 8.42 Å². The van der Waals surface area contributed by atoms with E-state index in [4.69, 9.17) is 4.98 Å². The second-order valence-corrected chi connectivity index (χ2v) is 9.74. The Morgan fingerprint density at radius 1 is 1.16 bits per heavy atom. The quantitative estimate of drug-likeness (QED) is 0.602. The van der Waals surface area contributed by atoms with E-state index in [1.165, 1.54) is 0 Å². The van der Waals surface area contributed by atoms with Crippen molar-refractivity contribution in [2.75, 3.05) is 18.4 Å². The number of hydrogen-bond donors (Lipinski definition) is 1. The van der Waals surface area contributed by atoms with Crippen molar-refractivity contribution >= 4 is 21.7 Å². The van der Waals surface area contributed by atoms with Crippen molar-refractivity contribution in [3.8, 4) is 0 Å². The fourth-order valence-corrected chi connectivity index (χ4v) is 5.65. The van der Waals surface area contributed by atoms with Gasteiger partial charge in [0.25, 0.3) is 0 Å². The molecular formula is C22H28N6O2S. The third-order valence-electron chi connectivity index (χ3n) is 5.47. The molecule has 0 aromatic carbocycles. The van der Waals surface area contributed by atoms with Gasteiger partial charge in [-0.15, -0.1) is 0 Å². The van der Waals surface area contributed by atoms with Gasteiger partial charge in [-0.2, -0.15) is 9.40 Å². The van der Waals surface area contributed by atoms with Crippen molar-refractivity contribution in [2.24, 2.45) is 0 Å². The van der Waals surface area contributed by atoms with Crippen LogP contribution in [0, 0.1) is 6.92 Å². The average molecular weight is 441 g/mol. The molecule has 4 rings (SSSR count). The van der Waals surface area contributed by atoms with Crippen molar-refractivity contribution < 1.29 is 8.42 Å². The molecule has 9 heteroatoms. The predicted molar refractivity (Wildman–Crippen MR) is 120 cm³/mol. The Labute approximate surface area is 183 Å². The van der Waals surface area contributed by atoms with Crippen LogP contribution in [0.1, 0.15) is 43.5 Å². The maximum absolute atomic E-state index is 13.3. The second-order valence-electron chi connectivity index (χ2n) is 7.83. The fraction of sp³-hybridized carbons (Fsp3) is 0.409. The summed E-state index contributed by atoms with van der Waals surface area (Å²) in [6, 6.07) is 11.5. The van der Waals surface area contributed by atoms with Crippen molar-refractivity contribution in [3.05, 3.63) is 60.2 Å². The van der Waals surface area contributed by atoms with E-state index in [1.807, 2.05) is 43.3 Å². The molecule has 3 aromatic rings. The van der Waals surface area contributed by atoms with Crippen LogP contribution in [0.2, 0.25) is 0 Å². The summed E-state index contributed by atoms with van der Waals surface area (Å²) in [6.45, 7) is 5.45. The molecule has 1 fully saturated rings. The molecule has 1 saturated heterocycles. The first-order chi connectivity index (χ1) is 15.0. The molecule has 1 aliphatic heterocycles. The van der Waals surface area contributed by atoms with Crippen LogP contribution in [0.4, 0.5) is 11.6 Å². The molecule has 164 valence electrons. The summed E-state index contributed by atoms with van der Waals surface area (Å²) in [7, 11) is -3.59. The summed E-state index contributed by atoms with van der Waals surface area (Å²) in [5.41, 5.74) is 1.44. The molecule has 0 amide bonds. The topological polar surface area (TPSA) is 93.0 Å². The fourth-order valence-electron chi connectivity index (χ4n) is 3.95. The number of hydrogen-bond acceptors (Lipinski definition) is 6. The molecule has 1 aliphatic rings. The molecule has 1 N–H and O–H groups in total. The molecular weight excluding hydrogens is 412 g/mol. The zero-order chi connectivity index (χ0) is 21.8. The average Bonchev–Trinajstić information content (AvgIpc) is 3.16. The number of rotatable bonds is 7. The number of aryl methyl sites for hydroxylation is 2. The first-order valence-electron chi connectivity index (χ1n) is 10.7. The van der Waals surface area contributed by atoms with Crippen LogP contribution in [0.25, 0.3) is 0 Å². The Balaban J connectivity index is 1.53. The van der Waals surface area contributed by atoms with Gasteiger partial charge < -0.3 is 5.32 Å². The van der Waals surface area contributed by atoms with Gasteiger partial charge in [-0.1, -0.05) is 19.1 Å². The zero-order valence-electron chi connectivity index (χ0n) is 17.9. The lowest BCUT2D eigenvalue weighted by Crippen LogP contribution is -2.39. The number of nitrogens with one attached hydrogen (secondary N) is 1. The minimum Gasteiger partial charge on any atom is -0.325 e. The van der Waals surface area contributed by atoms with Crippen LogP contribution in [0.15, 0.2) is 53.7 Å². The molecule has 8 nitrogen and oxygen atoms in total. The number of nitrogens with zero attached hydrogens (tertiary/aromatic N) is 5. The SMILES string of the molecule is CCCn1cc(S(=O)(=O)N2CCC[C@@H](c3cccc(Nc4ccccn4)n3)C2)c(C)n1. The lowest BCUT2D eigenvalue weighted by atomic mass is 9.95. The van der Waals surface area contributed by atoms with Gasteiger partial charge >= 0.3 is 0 Å². The summed E-state index contributed by atoms with van der Waals surface area (Å²) in [6.07, 6.45) is 5.99. The summed E-state index contributed by atoms with van der Waals surface area (Å²) in [4.78, 5) is 9.31. The van der Waals surface area contributed by atoms with Crippen molar-refractivity contribution in [1.29, 1.82) is 0 Å². The van der Waals surface area contributed by atoms with Gasteiger partial charge in [0.1, 0.15) is 16.5 Å². The monoisotopic (exact) mass is 440 g/mol. The van der Waals surface area contributed by atoms with E-state index in [2.05, 4.69) is 15.4 Å². The van der Waals surface area contributed by atoms with Gasteiger partial charge in [-0.25, -0.2) is 18.4 Å². The van der Waals surface area contributed by atoms with Gasteiger partial charge in [0.05, 0.1) is 5.69 Å². The third-order valence-corrected chi connectivity index (χ3v) is 7.43. The Kier molecular flexibility index (Phi) is 6.33. The summed E-state index contributed by atoms with van der Waals surface area (Å²) in [5.74, 6) is 1.47. The van der Waals surface area contributed by atoms with Crippen LogP contribution in [-0.4, -0.2) is 45.6 Å². The van der Waals surface area contributed by atoms with Crippen LogP contribution in [0.3, 0.4) is 0 Å². The van der Waals surface area contributed by atoms with E-state index in [0.29, 0.717) is 36.0 Å². The van der Waals surface area contributed by atoms with Crippen LogP contribution in [0.5, 0.6) is 0 Å². The largest absolute Gasteiger partial charge is 0.325 e. The van der Waals surface area contributed by atoms with Gasteiger partial charge in [0.15, 0.2) is 0 Å². The molecule has 0 spiro atoms. The molecule has 0 aliphatic carbocycles. The highest BCUT2D eigenvalue weighted by Crippen LogP contribution is 2.31. The Morgan fingerprint density at radius 2 is 2.00 bits per heavy atom. The van der Waals surface area contributed by atoms with Crippen LogP contribution >= 0.6 is 0 Å². The van der Waals surface area contributed by atoms with Crippen molar-refractivity contribution in [2.45, 2.75) is 50.5 Å². The lowest BCUT2D eigenvalue weighted by Gasteiger charge is -2.31. The number of piperidine rings is 1. The van der Waals surface area contributed by atoms with Gasteiger partial charge in [-0.3, -0.25) is 4.68 Å². The minimum absolute atomic E-state index is 0.0417.